The number of halogens is 1. The molecule has 0 unspecified atom stereocenters. The van der Waals surface area contributed by atoms with Crippen LogP contribution in [0.1, 0.15) is 37.2 Å². The predicted octanol–water partition coefficient (Wildman–Crippen LogP) is 4.24. The van der Waals surface area contributed by atoms with E-state index < -0.39 is 0 Å². The molecule has 1 aromatic carbocycles. The van der Waals surface area contributed by atoms with E-state index >= 15 is 0 Å². The van der Waals surface area contributed by atoms with Gasteiger partial charge in [-0.05, 0) is 42.0 Å². The zero-order valence-corrected chi connectivity index (χ0v) is 12.1. The fraction of sp³-hybridized carbons (Fsp3) is 0.400. The molecule has 0 atom stereocenters. The standard InChI is InChI=1S/C15H17ClN2O2/c1-19-14-11(9-4-2-3-5-9)6-10(7-13(14)16)12-8-18-20-15(12)17/h6-9H,2-5,17H2,1H3. The van der Waals surface area contributed by atoms with Crippen LogP contribution in [-0.4, -0.2) is 12.3 Å². The van der Waals surface area contributed by atoms with Crippen LogP contribution in [0.3, 0.4) is 0 Å². The zero-order valence-electron chi connectivity index (χ0n) is 11.4. The van der Waals surface area contributed by atoms with E-state index in [0.29, 0.717) is 16.8 Å². The van der Waals surface area contributed by atoms with Crippen molar-refractivity contribution in [1.82, 2.24) is 5.16 Å². The lowest BCUT2D eigenvalue weighted by atomic mass is 9.93. The summed E-state index contributed by atoms with van der Waals surface area (Å²) in [5.41, 5.74) is 8.65. The van der Waals surface area contributed by atoms with Gasteiger partial charge in [-0.2, -0.15) is 0 Å². The molecule has 2 aromatic rings. The summed E-state index contributed by atoms with van der Waals surface area (Å²) in [6.45, 7) is 0. The zero-order chi connectivity index (χ0) is 14.1. The first kappa shape index (κ1) is 13.3. The molecule has 3 rings (SSSR count). The SMILES string of the molecule is COc1c(Cl)cc(-c2cnoc2N)cc1C1CCCC1. The van der Waals surface area contributed by atoms with E-state index in [4.69, 9.17) is 26.6 Å². The van der Waals surface area contributed by atoms with Crippen LogP contribution in [0.2, 0.25) is 5.02 Å². The molecule has 0 spiro atoms. The summed E-state index contributed by atoms with van der Waals surface area (Å²) in [6.07, 6.45) is 6.48. The van der Waals surface area contributed by atoms with Gasteiger partial charge in [-0.3, -0.25) is 0 Å². The summed E-state index contributed by atoms with van der Waals surface area (Å²) in [7, 11) is 1.66. The lowest BCUT2D eigenvalue weighted by Crippen LogP contribution is -1.99. The first-order valence-corrected chi connectivity index (χ1v) is 7.16. The monoisotopic (exact) mass is 292 g/mol. The molecule has 1 aliphatic carbocycles. The second kappa shape index (κ2) is 5.37. The molecule has 0 aliphatic heterocycles. The molecule has 1 saturated carbocycles. The van der Waals surface area contributed by atoms with E-state index in [0.717, 1.165) is 22.4 Å². The van der Waals surface area contributed by atoms with Crippen molar-refractivity contribution < 1.29 is 9.26 Å². The first-order chi connectivity index (χ1) is 9.70. The minimum Gasteiger partial charge on any atom is -0.495 e. The molecule has 1 fully saturated rings. The molecule has 0 radical (unpaired) electrons. The molecule has 5 heteroatoms. The molecule has 0 bridgehead atoms. The van der Waals surface area contributed by atoms with Gasteiger partial charge < -0.3 is 15.0 Å². The number of benzene rings is 1. The maximum absolute atomic E-state index is 6.37. The molecular formula is C15H17ClN2O2. The van der Waals surface area contributed by atoms with Crippen molar-refractivity contribution >= 4 is 17.5 Å². The summed E-state index contributed by atoms with van der Waals surface area (Å²) in [4.78, 5) is 0. The molecule has 4 nitrogen and oxygen atoms in total. The van der Waals surface area contributed by atoms with Gasteiger partial charge in [0.25, 0.3) is 0 Å². The van der Waals surface area contributed by atoms with Gasteiger partial charge in [0.05, 0.1) is 23.9 Å². The van der Waals surface area contributed by atoms with Gasteiger partial charge in [0.2, 0.25) is 5.88 Å². The maximum atomic E-state index is 6.37. The number of hydrogen-bond donors (Lipinski definition) is 1. The van der Waals surface area contributed by atoms with Crippen LogP contribution >= 0.6 is 11.6 Å². The number of ether oxygens (including phenoxy) is 1. The van der Waals surface area contributed by atoms with Gasteiger partial charge in [-0.15, -0.1) is 0 Å². The highest BCUT2D eigenvalue weighted by molar-refractivity contribution is 6.32. The molecule has 1 aliphatic rings. The van der Waals surface area contributed by atoms with E-state index in [1.165, 1.54) is 25.7 Å². The molecule has 2 N–H and O–H groups in total. The van der Waals surface area contributed by atoms with Crippen LogP contribution < -0.4 is 10.5 Å². The Morgan fingerprint density at radius 3 is 2.70 bits per heavy atom. The molecular weight excluding hydrogens is 276 g/mol. The third-order valence-corrected chi connectivity index (χ3v) is 4.26. The Kier molecular flexibility index (Phi) is 3.57. The van der Waals surface area contributed by atoms with Crippen LogP contribution in [0.15, 0.2) is 22.9 Å². The quantitative estimate of drug-likeness (QED) is 0.919. The summed E-state index contributed by atoms with van der Waals surface area (Å²) >= 11 is 6.37. The number of anilines is 1. The molecule has 20 heavy (non-hydrogen) atoms. The average Bonchev–Trinajstić information content (AvgIpc) is 3.08. The van der Waals surface area contributed by atoms with Gasteiger partial charge in [0, 0.05) is 0 Å². The Morgan fingerprint density at radius 1 is 1.35 bits per heavy atom. The highest BCUT2D eigenvalue weighted by atomic mass is 35.5. The van der Waals surface area contributed by atoms with Crippen molar-refractivity contribution in [2.75, 3.05) is 12.8 Å². The van der Waals surface area contributed by atoms with E-state index in [2.05, 4.69) is 11.2 Å². The minimum absolute atomic E-state index is 0.309. The summed E-state index contributed by atoms with van der Waals surface area (Å²) in [5.74, 6) is 1.59. The van der Waals surface area contributed by atoms with Crippen molar-refractivity contribution in [2.45, 2.75) is 31.6 Å². The number of methoxy groups -OCH3 is 1. The highest BCUT2D eigenvalue weighted by Crippen LogP contribution is 2.44. The number of nitrogens with zero attached hydrogens (tertiary/aromatic N) is 1. The van der Waals surface area contributed by atoms with Crippen molar-refractivity contribution in [1.29, 1.82) is 0 Å². The third kappa shape index (κ3) is 2.24. The van der Waals surface area contributed by atoms with Gasteiger partial charge in [-0.25, -0.2) is 0 Å². The normalized spacial score (nSPS) is 15.7. The summed E-state index contributed by atoms with van der Waals surface area (Å²) in [6, 6.07) is 3.95. The number of hydrogen-bond acceptors (Lipinski definition) is 4. The second-order valence-electron chi connectivity index (χ2n) is 5.17. The van der Waals surface area contributed by atoms with Crippen LogP contribution in [-0.2, 0) is 0 Å². The smallest absolute Gasteiger partial charge is 0.229 e. The Hall–Kier alpha value is -1.68. The summed E-state index contributed by atoms with van der Waals surface area (Å²) in [5, 5.41) is 4.33. The van der Waals surface area contributed by atoms with Crippen LogP contribution in [0.5, 0.6) is 5.75 Å². The topological polar surface area (TPSA) is 61.3 Å². The Balaban J connectivity index is 2.11. The Bertz CT molecular complexity index is 618. The maximum Gasteiger partial charge on any atom is 0.229 e. The van der Waals surface area contributed by atoms with Crippen LogP contribution in [0, 0.1) is 0 Å². The minimum atomic E-state index is 0.309. The van der Waals surface area contributed by atoms with E-state index in [-0.39, 0.29) is 0 Å². The number of nitrogen functional groups attached to an aromatic ring is 1. The van der Waals surface area contributed by atoms with Crippen molar-refractivity contribution in [2.24, 2.45) is 0 Å². The number of aromatic nitrogens is 1. The van der Waals surface area contributed by atoms with Crippen molar-refractivity contribution in [3.63, 3.8) is 0 Å². The van der Waals surface area contributed by atoms with Crippen molar-refractivity contribution in [3.8, 4) is 16.9 Å². The van der Waals surface area contributed by atoms with Gasteiger partial charge in [-0.1, -0.05) is 29.6 Å². The molecule has 1 heterocycles. The Labute approximate surface area is 122 Å². The largest absolute Gasteiger partial charge is 0.495 e. The summed E-state index contributed by atoms with van der Waals surface area (Å²) < 4.78 is 10.4. The lowest BCUT2D eigenvalue weighted by Gasteiger charge is -2.17. The van der Waals surface area contributed by atoms with E-state index in [9.17, 15) is 0 Å². The molecule has 1 aromatic heterocycles. The predicted molar refractivity (Wildman–Crippen MR) is 79.1 cm³/mol. The number of rotatable bonds is 3. The van der Waals surface area contributed by atoms with E-state index in [1.807, 2.05) is 6.07 Å². The van der Waals surface area contributed by atoms with Crippen molar-refractivity contribution in [3.05, 3.63) is 28.9 Å². The average molecular weight is 293 g/mol. The van der Waals surface area contributed by atoms with Gasteiger partial charge in [0.1, 0.15) is 5.75 Å². The van der Waals surface area contributed by atoms with Gasteiger partial charge in [0.15, 0.2) is 0 Å². The fourth-order valence-corrected chi connectivity index (χ4v) is 3.29. The molecule has 106 valence electrons. The highest BCUT2D eigenvalue weighted by Gasteiger charge is 2.23. The van der Waals surface area contributed by atoms with Gasteiger partial charge >= 0.3 is 0 Å². The number of nitrogens with two attached hydrogens (primary N) is 1. The second-order valence-corrected chi connectivity index (χ2v) is 5.57. The molecule has 0 saturated heterocycles. The van der Waals surface area contributed by atoms with E-state index in [1.54, 1.807) is 13.3 Å². The fourth-order valence-electron chi connectivity index (χ4n) is 2.99. The third-order valence-electron chi connectivity index (χ3n) is 3.98. The first-order valence-electron chi connectivity index (χ1n) is 6.78. The van der Waals surface area contributed by atoms with Crippen LogP contribution in [0.25, 0.3) is 11.1 Å². The van der Waals surface area contributed by atoms with Crippen LogP contribution in [0.4, 0.5) is 5.88 Å². The Morgan fingerprint density at radius 2 is 2.10 bits per heavy atom. The molecule has 0 amide bonds. The lowest BCUT2D eigenvalue weighted by molar-refractivity contribution is 0.406.